The summed E-state index contributed by atoms with van der Waals surface area (Å²) < 4.78 is 10.6. The second-order valence-electron chi connectivity index (χ2n) is 4.60. The van der Waals surface area contributed by atoms with Gasteiger partial charge in [-0.2, -0.15) is 0 Å². The van der Waals surface area contributed by atoms with Crippen molar-refractivity contribution in [3.05, 3.63) is 46.2 Å². The van der Waals surface area contributed by atoms with E-state index in [-0.39, 0.29) is 11.1 Å². The van der Waals surface area contributed by atoms with Crippen molar-refractivity contribution in [2.24, 2.45) is 0 Å². The average Bonchev–Trinajstić information content (AvgIpc) is 2.86. The summed E-state index contributed by atoms with van der Waals surface area (Å²) in [6.07, 6.45) is 0. The van der Waals surface area contributed by atoms with Gasteiger partial charge in [0.25, 0.3) is 5.91 Å². The van der Waals surface area contributed by atoms with E-state index in [0.29, 0.717) is 29.6 Å². The molecule has 1 N–H and O–H groups in total. The smallest absolute Gasteiger partial charge is 0.270 e. The van der Waals surface area contributed by atoms with Gasteiger partial charge in [0.05, 0.1) is 18.7 Å². The van der Waals surface area contributed by atoms with Crippen LogP contribution in [0.25, 0.3) is 0 Å². The number of carbonyl (C=O) groups is 1. The molecule has 0 atom stereocenters. The number of methoxy groups -OCH3 is 1. The third-order valence-corrected chi connectivity index (χ3v) is 3.75. The first-order valence-corrected chi connectivity index (χ1v) is 7.33. The molecule has 0 saturated carbocycles. The Morgan fingerprint density at radius 3 is 2.41 bits per heavy atom. The lowest BCUT2D eigenvalue weighted by atomic mass is 10.3. The fourth-order valence-corrected chi connectivity index (χ4v) is 2.11. The van der Waals surface area contributed by atoms with E-state index < -0.39 is 0 Å². The van der Waals surface area contributed by atoms with Crippen molar-refractivity contribution in [1.82, 2.24) is 9.88 Å². The highest BCUT2D eigenvalue weighted by atomic mass is 35.5. The van der Waals surface area contributed by atoms with E-state index in [1.807, 2.05) is 24.3 Å². The number of benzene rings is 1. The SMILES string of the molecule is COc1ccc(OCCN(C)C(=O)c2cc(Cl)c(Cl)[nH]2)cc1. The van der Waals surface area contributed by atoms with E-state index in [1.165, 1.54) is 11.0 Å². The molecular weight excluding hydrogens is 327 g/mol. The summed E-state index contributed by atoms with van der Waals surface area (Å²) in [5, 5.41) is 0.584. The molecule has 0 saturated heterocycles. The van der Waals surface area contributed by atoms with Crippen LogP contribution in [0.5, 0.6) is 11.5 Å². The lowest BCUT2D eigenvalue weighted by Gasteiger charge is -2.16. The molecule has 0 fully saturated rings. The lowest BCUT2D eigenvalue weighted by Crippen LogP contribution is -2.31. The van der Waals surface area contributed by atoms with Gasteiger partial charge in [-0.05, 0) is 30.3 Å². The Morgan fingerprint density at radius 1 is 1.23 bits per heavy atom. The number of nitrogens with zero attached hydrogens (tertiary/aromatic N) is 1. The molecule has 118 valence electrons. The minimum Gasteiger partial charge on any atom is -0.497 e. The van der Waals surface area contributed by atoms with Crippen molar-refractivity contribution in [1.29, 1.82) is 0 Å². The first-order valence-electron chi connectivity index (χ1n) is 6.57. The van der Waals surface area contributed by atoms with E-state index >= 15 is 0 Å². The molecule has 0 radical (unpaired) electrons. The fourth-order valence-electron chi connectivity index (χ4n) is 1.80. The third kappa shape index (κ3) is 4.08. The second-order valence-corrected chi connectivity index (χ2v) is 5.38. The minimum absolute atomic E-state index is 0.202. The summed E-state index contributed by atoms with van der Waals surface area (Å²) in [6.45, 7) is 0.801. The maximum atomic E-state index is 12.1. The number of halogens is 2. The van der Waals surface area contributed by atoms with Crippen LogP contribution in [0.15, 0.2) is 30.3 Å². The van der Waals surface area contributed by atoms with Crippen LogP contribution in [-0.4, -0.2) is 43.1 Å². The van der Waals surface area contributed by atoms with Crippen LogP contribution in [0.1, 0.15) is 10.5 Å². The highest BCUT2D eigenvalue weighted by Crippen LogP contribution is 2.22. The molecule has 0 aliphatic carbocycles. The zero-order chi connectivity index (χ0) is 16.1. The van der Waals surface area contributed by atoms with Crippen LogP contribution >= 0.6 is 23.2 Å². The molecule has 0 spiro atoms. The van der Waals surface area contributed by atoms with Crippen LogP contribution in [0.4, 0.5) is 0 Å². The molecule has 7 heteroatoms. The van der Waals surface area contributed by atoms with E-state index in [2.05, 4.69) is 4.98 Å². The van der Waals surface area contributed by atoms with Gasteiger partial charge >= 0.3 is 0 Å². The minimum atomic E-state index is -0.202. The van der Waals surface area contributed by atoms with Crippen LogP contribution < -0.4 is 9.47 Å². The van der Waals surface area contributed by atoms with Gasteiger partial charge in [-0.3, -0.25) is 4.79 Å². The molecule has 0 unspecified atom stereocenters. The highest BCUT2D eigenvalue weighted by Gasteiger charge is 2.15. The van der Waals surface area contributed by atoms with Gasteiger partial charge in [-0.25, -0.2) is 0 Å². The lowest BCUT2D eigenvalue weighted by molar-refractivity contribution is 0.0768. The van der Waals surface area contributed by atoms with E-state index in [4.69, 9.17) is 32.7 Å². The number of ether oxygens (including phenoxy) is 2. The van der Waals surface area contributed by atoms with Gasteiger partial charge in [0, 0.05) is 7.05 Å². The largest absolute Gasteiger partial charge is 0.497 e. The van der Waals surface area contributed by atoms with Gasteiger partial charge in [-0.1, -0.05) is 23.2 Å². The number of likely N-dealkylation sites (N-methyl/N-ethyl adjacent to an activating group) is 1. The Balaban J connectivity index is 1.84. The molecule has 0 bridgehead atoms. The van der Waals surface area contributed by atoms with Crippen molar-refractivity contribution in [3.8, 4) is 11.5 Å². The molecule has 5 nitrogen and oxygen atoms in total. The predicted octanol–water partition coefficient (Wildman–Crippen LogP) is 3.48. The van der Waals surface area contributed by atoms with Crippen molar-refractivity contribution in [2.75, 3.05) is 27.3 Å². The van der Waals surface area contributed by atoms with Crippen LogP contribution in [0, 0.1) is 0 Å². The van der Waals surface area contributed by atoms with E-state index in [0.717, 1.165) is 5.75 Å². The summed E-state index contributed by atoms with van der Waals surface area (Å²) in [7, 11) is 3.29. The van der Waals surface area contributed by atoms with Crippen LogP contribution in [-0.2, 0) is 0 Å². The topological polar surface area (TPSA) is 54.6 Å². The molecule has 0 aliphatic heterocycles. The second kappa shape index (κ2) is 7.42. The molecule has 1 aromatic carbocycles. The fraction of sp³-hybridized carbons (Fsp3) is 0.267. The molecule has 2 aromatic rings. The maximum Gasteiger partial charge on any atom is 0.270 e. The number of hydrogen-bond acceptors (Lipinski definition) is 3. The first kappa shape index (κ1) is 16.5. The maximum absolute atomic E-state index is 12.1. The van der Waals surface area contributed by atoms with Gasteiger partial charge in [0.2, 0.25) is 0 Å². The normalized spacial score (nSPS) is 10.4. The van der Waals surface area contributed by atoms with Gasteiger partial charge in [-0.15, -0.1) is 0 Å². The Labute approximate surface area is 138 Å². The summed E-state index contributed by atoms with van der Waals surface area (Å²) in [5.41, 5.74) is 0.349. The monoisotopic (exact) mass is 342 g/mol. The zero-order valence-corrected chi connectivity index (χ0v) is 13.7. The summed E-state index contributed by atoms with van der Waals surface area (Å²) in [4.78, 5) is 16.4. The highest BCUT2D eigenvalue weighted by molar-refractivity contribution is 6.41. The number of carbonyl (C=O) groups excluding carboxylic acids is 1. The van der Waals surface area contributed by atoms with Gasteiger partial charge < -0.3 is 19.4 Å². The molecule has 0 aliphatic rings. The zero-order valence-electron chi connectivity index (χ0n) is 12.2. The third-order valence-electron chi connectivity index (χ3n) is 3.06. The standard InChI is InChI=1S/C15H16Cl2N2O3/c1-19(15(20)13-9-12(16)14(17)18-13)7-8-22-11-5-3-10(21-2)4-6-11/h3-6,9,18H,7-8H2,1-2H3. The van der Waals surface area contributed by atoms with E-state index in [9.17, 15) is 4.79 Å². The van der Waals surface area contributed by atoms with Crippen LogP contribution in [0.2, 0.25) is 10.2 Å². The van der Waals surface area contributed by atoms with Gasteiger partial charge in [0.15, 0.2) is 0 Å². The predicted molar refractivity (Wildman–Crippen MR) is 86.3 cm³/mol. The molecule has 22 heavy (non-hydrogen) atoms. The number of H-pyrrole nitrogens is 1. The molecule has 1 amide bonds. The molecular formula is C15H16Cl2N2O3. The van der Waals surface area contributed by atoms with Gasteiger partial charge in [0.1, 0.15) is 29.0 Å². The molecule has 1 heterocycles. The summed E-state index contributed by atoms with van der Waals surface area (Å²) in [5.74, 6) is 1.28. The molecule has 1 aromatic heterocycles. The number of aromatic amines is 1. The van der Waals surface area contributed by atoms with Crippen LogP contribution in [0.3, 0.4) is 0 Å². The number of aromatic nitrogens is 1. The summed E-state index contributed by atoms with van der Waals surface area (Å²) >= 11 is 11.6. The Hall–Kier alpha value is -1.85. The van der Waals surface area contributed by atoms with Crippen molar-refractivity contribution < 1.29 is 14.3 Å². The number of hydrogen-bond donors (Lipinski definition) is 1. The quantitative estimate of drug-likeness (QED) is 0.874. The van der Waals surface area contributed by atoms with Crippen molar-refractivity contribution in [2.45, 2.75) is 0 Å². The first-order chi connectivity index (χ1) is 10.5. The van der Waals surface area contributed by atoms with Crippen molar-refractivity contribution >= 4 is 29.1 Å². The average molecular weight is 343 g/mol. The molecule has 2 rings (SSSR count). The number of nitrogens with one attached hydrogen (secondary N) is 1. The number of rotatable bonds is 6. The Bertz CT molecular complexity index is 621. The van der Waals surface area contributed by atoms with E-state index in [1.54, 1.807) is 14.2 Å². The Kier molecular flexibility index (Phi) is 5.57. The Morgan fingerprint density at radius 2 is 1.86 bits per heavy atom. The number of amides is 1. The summed E-state index contributed by atoms with van der Waals surface area (Å²) in [6, 6.07) is 8.75. The van der Waals surface area contributed by atoms with Crippen molar-refractivity contribution in [3.63, 3.8) is 0 Å².